The molecular weight excluding hydrogens is 378 g/mol. The van der Waals surface area contributed by atoms with Gasteiger partial charge in [0, 0.05) is 23.5 Å². The molecule has 0 aliphatic rings. The van der Waals surface area contributed by atoms with Gasteiger partial charge in [0.25, 0.3) is 11.5 Å². The molecule has 6 heteroatoms. The van der Waals surface area contributed by atoms with Gasteiger partial charge in [-0.1, -0.05) is 23.8 Å². The van der Waals surface area contributed by atoms with Crippen molar-refractivity contribution in [2.24, 2.45) is 0 Å². The van der Waals surface area contributed by atoms with Crippen LogP contribution in [0.3, 0.4) is 0 Å². The number of hydrogen-bond acceptors (Lipinski definition) is 4. The number of carbonyl (C=O) groups excluding carboxylic acids is 1. The molecule has 0 radical (unpaired) electrons. The van der Waals surface area contributed by atoms with Gasteiger partial charge in [0.1, 0.15) is 11.4 Å². The van der Waals surface area contributed by atoms with E-state index in [0.717, 1.165) is 10.9 Å². The Kier molecular flexibility index (Phi) is 5.30. The number of pyridine rings is 2. The minimum Gasteiger partial charge on any atom is -0.497 e. The number of nitrogens with one attached hydrogen (secondary N) is 1. The smallest absolute Gasteiger partial charge is 0.277 e. The summed E-state index contributed by atoms with van der Waals surface area (Å²) in [4.78, 5) is 34.6. The monoisotopic (exact) mass is 399 g/mol. The molecule has 0 unspecified atom stereocenters. The minimum atomic E-state index is -0.270. The zero-order valence-corrected chi connectivity index (χ0v) is 16.8. The van der Waals surface area contributed by atoms with Crippen LogP contribution in [0.4, 0.5) is 5.69 Å². The molecule has 4 aromatic rings. The van der Waals surface area contributed by atoms with Crippen molar-refractivity contribution < 1.29 is 9.53 Å². The number of methoxy groups -OCH3 is 1. The number of rotatable bonds is 5. The Balaban J connectivity index is 1.76. The van der Waals surface area contributed by atoms with E-state index in [9.17, 15) is 9.59 Å². The van der Waals surface area contributed by atoms with Crippen molar-refractivity contribution in [3.8, 4) is 5.75 Å². The summed E-state index contributed by atoms with van der Waals surface area (Å²) < 4.78 is 5.22. The average Bonchev–Trinajstić information content (AvgIpc) is 2.78. The fourth-order valence-corrected chi connectivity index (χ4v) is 3.27. The van der Waals surface area contributed by atoms with E-state index in [0.29, 0.717) is 28.2 Å². The first-order valence-electron chi connectivity index (χ1n) is 9.54. The fourth-order valence-electron chi connectivity index (χ4n) is 3.27. The predicted molar refractivity (Wildman–Crippen MR) is 117 cm³/mol. The van der Waals surface area contributed by atoms with Crippen LogP contribution in [0.5, 0.6) is 5.75 Å². The van der Waals surface area contributed by atoms with E-state index in [4.69, 9.17) is 4.74 Å². The van der Waals surface area contributed by atoms with Crippen LogP contribution in [0.1, 0.15) is 21.6 Å². The van der Waals surface area contributed by atoms with Gasteiger partial charge < -0.3 is 14.6 Å². The molecule has 1 N–H and O–H groups in total. The lowest BCUT2D eigenvalue weighted by Crippen LogP contribution is -2.33. The van der Waals surface area contributed by atoms with Crippen LogP contribution in [0.15, 0.2) is 77.7 Å². The number of H-pyrrole nitrogens is 1. The fraction of sp³-hybridized carbons (Fsp3) is 0.125. The van der Waals surface area contributed by atoms with Crippen LogP contribution in [0.25, 0.3) is 10.9 Å². The third-order valence-corrected chi connectivity index (χ3v) is 4.93. The molecule has 150 valence electrons. The molecule has 0 spiro atoms. The summed E-state index contributed by atoms with van der Waals surface area (Å²) >= 11 is 0. The van der Waals surface area contributed by atoms with E-state index in [-0.39, 0.29) is 18.0 Å². The van der Waals surface area contributed by atoms with Crippen LogP contribution in [0.2, 0.25) is 0 Å². The molecule has 1 amide bonds. The maximum Gasteiger partial charge on any atom is 0.277 e. The van der Waals surface area contributed by atoms with Gasteiger partial charge in [0.05, 0.1) is 19.2 Å². The number of hydrogen-bond donors (Lipinski definition) is 1. The van der Waals surface area contributed by atoms with Crippen molar-refractivity contribution in [3.05, 3.63) is 100 Å². The van der Waals surface area contributed by atoms with E-state index >= 15 is 0 Å². The summed E-state index contributed by atoms with van der Waals surface area (Å²) in [6.45, 7) is 2.10. The number of carbonyl (C=O) groups is 1. The van der Waals surface area contributed by atoms with Crippen molar-refractivity contribution in [1.29, 1.82) is 0 Å². The third kappa shape index (κ3) is 3.93. The average molecular weight is 399 g/mol. The van der Waals surface area contributed by atoms with Crippen molar-refractivity contribution in [2.75, 3.05) is 12.0 Å². The number of nitrogens with zero attached hydrogens (tertiary/aromatic N) is 2. The quantitative estimate of drug-likeness (QED) is 0.549. The van der Waals surface area contributed by atoms with Gasteiger partial charge in [-0.25, -0.2) is 0 Å². The maximum absolute atomic E-state index is 13.2. The van der Waals surface area contributed by atoms with Crippen LogP contribution in [-0.4, -0.2) is 23.0 Å². The van der Waals surface area contributed by atoms with Crippen LogP contribution in [-0.2, 0) is 6.54 Å². The molecule has 0 fully saturated rings. The highest BCUT2D eigenvalue weighted by Crippen LogP contribution is 2.22. The Morgan fingerprint density at radius 3 is 2.57 bits per heavy atom. The summed E-state index contributed by atoms with van der Waals surface area (Å²) in [6.07, 6.45) is 1.58. The van der Waals surface area contributed by atoms with Gasteiger partial charge >= 0.3 is 0 Å². The SMILES string of the molecule is COc1ccc2cc(CN(C(=O)c3ccccn3)c3ccc(C)cc3)c(=O)[nH]c2c1. The number of amides is 1. The van der Waals surface area contributed by atoms with E-state index in [1.165, 1.54) is 0 Å². The van der Waals surface area contributed by atoms with E-state index in [1.54, 1.807) is 48.5 Å². The van der Waals surface area contributed by atoms with Crippen molar-refractivity contribution in [2.45, 2.75) is 13.5 Å². The summed E-state index contributed by atoms with van der Waals surface area (Å²) in [5.41, 5.74) is 3.02. The van der Waals surface area contributed by atoms with Crippen LogP contribution >= 0.6 is 0 Å². The largest absolute Gasteiger partial charge is 0.497 e. The van der Waals surface area contributed by atoms with Gasteiger partial charge in [-0.15, -0.1) is 0 Å². The highest BCUT2D eigenvalue weighted by molar-refractivity contribution is 6.04. The third-order valence-electron chi connectivity index (χ3n) is 4.93. The van der Waals surface area contributed by atoms with Gasteiger partial charge in [-0.3, -0.25) is 14.6 Å². The Hall–Kier alpha value is -3.93. The molecule has 0 aliphatic heterocycles. The summed E-state index contributed by atoms with van der Waals surface area (Å²) in [5, 5.41) is 0.861. The van der Waals surface area contributed by atoms with E-state index in [1.807, 2.05) is 43.3 Å². The summed E-state index contributed by atoms with van der Waals surface area (Å²) in [7, 11) is 1.58. The lowest BCUT2D eigenvalue weighted by Gasteiger charge is -2.23. The zero-order chi connectivity index (χ0) is 21.1. The number of aromatic amines is 1. The summed E-state index contributed by atoms with van der Waals surface area (Å²) in [5.74, 6) is 0.395. The zero-order valence-electron chi connectivity index (χ0n) is 16.8. The van der Waals surface area contributed by atoms with Crippen molar-refractivity contribution >= 4 is 22.5 Å². The number of benzene rings is 2. The normalized spacial score (nSPS) is 10.7. The number of anilines is 1. The second-order valence-corrected chi connectivity index (χ2v) is 7.02. The molecule has 4 rings (SSSR count). The number of ether oxygens (including phenoxy) is 1. The first kappa shape index (κ1) is 19.4. The van der Waals surface area contributed by atoms with E-state index < -0.39 is 0 Å². The molecule has 2 aromatic heterocycles. The summed E-state index contributed by atoms with van der Waals surface area (Å²) in [6, 6.07) is 20.1. The molecule has 0 aliphatic carbocycles. The second kappa shape index (κ2) is 8.21. The van der Waals surface area contributed by atoms with Crippen molar-refractivity contribution in [3.63, 3.8) is 0 Å². The Labute approximate surface area is 173 Å². The topological polar surface area (TPSA) is 75.3 Å². The molecular formula is C24H21N3O3. The van der Waals surface area contributed by atoms with Gasteiger partial charge in [0.15, 0.2) is 0 Å². The van der Waals surface area contributed by atoms with Gasteiger partial charge in [-0.05, 0) is 54.8 Å². The molecule has 0 saturated heterocycles. The Morgan fingerprint density at radius 2 is 1.87 bits per heavy atom. The maximum atomic E-state index is 13.2. The van der Waals surface area contributed by atoms with Crippen LogP contribution in [0, 0.1) is 6.92 Å². The number of fused-ring (bicyclic) bond motifs is 1. The van der Waals surface area contributed by atoms with Gasteiger partial charge in [-0.2, -0.15) is 0 Å². The molecule has 2 heterocycles. The van der Waals surface area contributed by atoms with E-state index in [2.05, 4.69) is 9.97 Å². The first-order chi connectivity index (χ1) is 14.5. The highest BCUT2D eigenvalue weighted by Gasteiger charge is 2.20. The molecule has 30 heavy (non-hydrogen) atoms. The first-order valence-corrected chi connectivity index (χ1v) is 9.54. The van der Waals surface area contributed by atoms with Crippen LogP contribution < -0.4 is 15.2 Å². The standard InChI is InChI=1S/C24H21N3O3/c1-16-6-9-19(10-7-16)27(24(29)21-5-3-4-12-25-21)15-18-13-17-8-11-20(30-2)14-22(17)26-23(18)28/h3-14H,15H2,1-2H3,(H,26,28). The highest BCUT2D eigenvalue weighted by atomic mass is 16.5. The van der Waals surface area contributed by atoms with Crippen molar-refractivity contribution in [1.82, 2.24) is 9.97 Å². The molecule has 0 saturated carbocycles. The molecule has 2 aromatic carbocycles. The second-order valence-electron chi connectivity index (χ2n) is 7.02. The lowest BCUT2D eigenvalue weighted by molar-refractivity contribution is 0.0980. The molecule has 0 atom stereocenters. The minimum absolute atomic E-state index is 0.121. The lowest BCUT2D eigenvalue weighted by atomic mass is 10.1. The Morgan fingerprint density at radius 1 is 1.07 bits per heavy atom. The molecule has 0 bridgehead atoms. The Bertz CT molecular complexity index is 1250. The number of aryl methyl sites for hydroxylation is 1. The number of aromatic nitrogens is 2. The predicted octanol–water partition coefficient (Wildman–Crippen LogP) is 4.09. The van der Waals surface area contributed by atoms with Gasteiger partial charge in [0.2, 0.25) is 0 Å². The molecule has 6 nitrogen and oxygen atoms in total.